The molecule has 4 heteroatoms. The zero-order valence-electron chi connectivity index (χ0n) is 8.53. The third-order valence-electron chi connectivity index (χ3n) is 2.55. The van der Waals surface area contributed by atoms with E-state index in [1.165, 1.54) is 4.90 Å². The van der Waals surface area contributed by atoms with E-state index < -0.39 is 0 Å². The van der Waals surface area contributed by atoms with Crippen molar-refractivity contribution in [2.75, 3.05) is 13.1 Å². The van der Waals surface area contributed by atoms with Crippen LogP contribution in [0.1, 0.15) is 12.8 Å². The van der Waals surface area contributed by atoms with Gasteiger partial charge in [0.05, 0.1) is 0 Å². The van der Waals surface area contributed by atoms with Crippen molar-refractivity contribution in [1.29, 1.82) is 0 Å². The van der Waals surface area contributed by atoms with Gasteiger partial charge in [0.15, 0.2) is 0 Å². The van der Waals surface area contributed by atoms with E-state index in [-0.39, 0.29) is 0 Å². The van der Waals surface area contributed by atoms with Crippen LogP contribution in [0.3, 0.4) is 0 Å². The van der Waals surface area contributed by atoms with E-state index in [9.17, 15) is 0 Å². The van der Waals surface area contributed by atoms with Gasteiger partial charge in [0.2, 0.25) is 0 Å². The second-order valence-electron chi connectivity index (χ2n) is 3.81. The Labute approximate surface area is 99.9 Å². The second kappa shape index (κ2) is 5.21. The summed E-state index contributed by atoms with van der Waals surface area (Å²) in [5.41, 5.74) is 5.86. The van der Waals surface area contributed by atoms with Crippen LogP contribution < -0.4 is 5.73 Å². The predicted molar refractivity (Wildman–Crippen MR) is 66.1 cm³/mol. The Morgan fingerprint density at radius 1 is 1.20 bits per heavy atom. The summed E-state index contributed by atoms with van der Waals surface area (Å²) in [4.78, 5) is 1.25. The van der Waals surface area contributed by atoms with E-state index in [0.29, 0.717) is 6.04 Å². The maximum atomic E-state index is 5.86. The Hall–Kier alpha value is -0.220. The quantitative estimate of drug-likeness (QED) is 0.809. The molecule has 0 radical (unpaired) electrons. The smallest absolute Gasteiger partial charge is 0.0406 e. The number of benzene rings is 1. The molecule has 0 aromatic heterocycles. The molecule has 0 saturated carbocycles. The van der Waals surface area contributed by atoms with Crippen LogP contribution in [-0.2, 0) is 0 Å². The number of nitrogens with two attached hydrogens (primary N) is 1. The van der Waals surface area contributed by atoms with Crippen molar-refractivity contribution in [1.82, 2.24) is 4.31 Å². The van der Waals surface area contributed by atoms with Crippen LogP contribution in [0.25, 0.3) is 0 Å². The van der Waals surface area contributed by atoms with Crippen molar-refractivity contribution in [3.8, 4) is 0 Å². The lowest BCUT2D eigenvalue weighted by atomic mass is 10.1. The first kappa shape index (κ1) is 11.3. The summed E-state index contributed by atoms with van der Waals surface area (Å²) < 4.78 is 2.37. The lowest BCUT2D eigenvalue weighted by Crippen LogP contribution is -2.36. The summed E-state index contributed by atoms with van der Waals surface area (Å²) >= 11 is 7.63. The van der Waals surface area contributed by atoms with Crippen LogP contribution in [0.5, 0.6) is 0 Å². The molecule has 1 saturated heterocycles. The lowest BCUT2D eigenvalue weighted by molar-refractivity contribution is 0.346. The highest BCUT2D eigenvalue weighted by molar-refractivity contribution is 7.97. The molecule has 1 aliphatic rings. The minimum Gasteiger partial charge on any atom is -0.328 e. The molecule has 1 fully saturated rings. The second-order valence-corrected chi connectivity index (χ2v) is 5.42. The molecule has 0 atom stereocenters. The summed E-state index contributed by atoms with van der Waals surface area (Å²) in [6.07, 6.45) is 2.20. The summed E-state index contributed by atoms with van der Waals surface area (Å²) in [6.45, 7) is 2.16. The van der Waals surface area contributed by atoms with E-state index in [0.717, 1.165) is 31.0 Å². The van der Waals surface area contributed by atoms with Gasteiger partial charge in [0, 0.05) is 29.0 Å². The largest absolute Gasteiger partial charge is 0.328 e. The third-order valence-corrected chi connectivity index (χ3v) is 3.91. The molecular formula is C11H15ClN2S. The van der Waals surface area contributed by atoms with Gasteiger partial charge in [0.25, 0.3) is 0 Å². The van der Waals surface area contributed by atoms with Crippen molar-refractivity contribution >= 4 is 23.5 Å². The van der Waals surface area contributed by atoms with Gasteiger partial charge < -0.3 is 5.73 Å². The predicted octanol–water partition coefficient (Wildman–Crippen LogP) is 2.77. The van der Waals surface area contributed by atoms with E-state index in [1.54, 1.807) is 11.9 Å². The van der Waals surface area contributed by atoms with Crippen molar-refractivity contribution in [2.24, 2.45) is 5.73 Å². The van der Waals surface area contributed by atoms with Gasteiger partial charge >= 0.3 is 0 Å². The number of hydrogen-bond acceptors (Lipinski definition) is 3. The van der Waals surface area contributed by atoms with Gasteiger partial charge in [-0.05, 0) is 49.1 Å². The standard InChI is InChI=1S/C11H15ClN2S/c12-9-1-3-11(4-2-9)15-14-7-5-10(13)6-8-14/h1-4,10H,5-8,13H2. The lowest BCUT2D eigenvalue weighted by Gasteiger charge is -2.28. The van der Waals surface area contributed by atoms with Crippen LogP contribution in [-0.4, -0.2) is 23.4 Å². The van der Waals surface area contributed by atoms with Gasteiger partial charge in [0.1, 0.15) is 0 Å². The molecule has 1 heterocycles. The third kappa shape index (κ3) is 3.38. The van der Waals surface area contributed by atoms with Crippen molar-refractivity contribution in [3.63, 3.8) is 0 Å². The number of rotatable bonds is 2. The van der Waals surface area contributed by atoms with Crippen molar-refractivity contribution in [3.05, 3.63) is 29.3 Å². The summed E-state index contributed by atoms with van der Waals surface area (Å²) in [6, 6.07) is 8.37. The Balaban J connectivity index is 1.89. The fourth-order valence-corrected chi connectivity index (χ4v) is 2.69. The number of nitrogens with zero attached hydrogens (tertiary/aromatic N) is 1. The fraction of sp³-hybridized carbons (Fsp3) is 0.455. The SMILES string of the molecule is NC1CCN(Sc2ccc(Cl)cc2)CC1. The van der Waals surface area contributed by atoms with Crippen LogP contribution in [0.2, 0.25) is 5.02 Å². The Kier molecular flexibility index (Phi) is 3.92. The zero-order chi connectivity index (χ0) is 10.7. The van der Waals surface area contributed by atoms with E-state index in [2.05, 4.69) is 16.4 Å². The Morgan fingerprint density at radius 3 is 2.40 bits per heavy atom. The van der Waals surface area contributed by atoms with Crippen molar-refractivity contribution in [2.45, 2.75) is 23.8 Å². The zero-order valence-corrected chi connectivity index (χ0v) is 10.1. The van der Waals surface area contributed by atoms with E-state index in [1.807, 2.05) is 12.1 Å². The molecule has 15 heavy (non-hydrogen) atoms. The molecule has 0 amide bonds. The molecular weight excluding hydrogens is 228 g/mol. The molecule has 1 aliphatic heterocycles. The van der Waals surface area contributed by atoms with E-state index in [4.69, 9.17) is 17.3 Å². The molecule has 82 valence electrons. The van der Waals surface area contributed by atoms with Crippen LogP contribution in [0.15, 0.2) is 29.2 Å². The molecule has 2 nitrogen and oxygen atoms in total. The molecule has 2 N–H and O–H groups in total. The van der Waals surface area contributed by atoms with Gasteiger partial charge in [-0.1, -0.05) is 11.6 Å². The molecule has 1 aromatic carbocycles. The highest BCUT2D eigenvalue weighted by Crippen LogP contribution is 2.26. The normalized spacial score (nSPS) is 19.3. The first-order valence-electron chi connectivity index (χ1n) is 5.18. The molecule has 0 spiro atoms. The average molecular weight is 243 g/mol. The van der Waals surface area contributed by atoms with Crippen molar-refractivity contribution < 1.29 is 0 Å². The fourth-order valence-electron chi connectivity index (χ4n) is 1.61. The first-order valence-corrected chi connectivity index (χ1v) is 6.33. The highest BCUT2D eigenvalue weighted by Gasteiger charge is 2.16. The van der Waals surface area contributed by atoms with Gasteiger partial charge in [-0.2, -0.15) is 0 Å². The van der Waals surface area contributed by atoms with Crippen LogP contribution >= 0.6 is 23.5 Å². The minimum absolute atomic E-state index is 0.395. The monoisotopic (exact) mass is 242 g/mol. The number of hydrogen-bond donors (Lipinski definition) is 1. The summed E-state index contributed by atoms with van der Waals surface area (Å²) in [7, 11) is 0. The van der Waals surface area contributed by atoms with Gasteiger partial charge in [-0.25, -0.2) is 4.31 Å². The molecule has 0 aliphatic carbocycles. The molecule has 0 unspecified atom stereocenters. The van der Waals surface area contributed by atoms with Gasteiger partial charge in [-0.3, -0.25) is 0 Å². The van der Waals surface area contributed by atoms with Crippen LogP contribution in [0.4, 0.5) is 0 Å². The Morgan fingerprint density at radius 2 is 1.80 bits per heavy atom. The highest BCUT2D eigenvalue weighted by atomic mass is 35.5. The average Bonchev–Trinajstić information content (AvgIpc) is 2.25. The van der Waals surface area contributed by atoms with Crippen LogP contribution in [0, 0.1) is 0 Å². The number of halogens is 1. The van der Waals surface area contributed by atoms with Gasteiger partial charge in [-0.15, -0.1) is 0 Å². The van der Waals surface area contributed by atoms with E-state index >= 15 is 0 Å². The first-order chi connectivity index (χ1) is 7.24. The summed E-state index contributed by atoms with van der Waals surface area (Å²) in [5.74, 6) is 0. The molecule has 0 bridgehead atoms. The minimum atomic E-state index is 0.395. The number of piperidine rings is 1. The molecule has 1 aromatic rings. The molecule has 2 rings (SSSR count). The topological polar surface area (TPSA) is 29.3 Å². The summed E-state index contributed by atoms with van der Waals surface area (Å²) in [5, 5.41) is 0.792. The maximum Gasteiger partial charge on any atom is 0.0406 e. The Bertz CT molecular complexity index is 307. The maximum absolute atomic E-state index is 5.86.